The maximum Gasteiger partial charge on any atom is 0.264 e. The minimum Gasteiger partial charge on any atom is -0.495 e. The molecule has 0 fully saturated rings. The van der Waals surface area contributed by atoms with Crippen molar-refractivity contribution in [2.24, 2.45) is 0 Å². The van der Waals surface area contributed by atoms with Crippen LogP contribution in [0.3, 0.4) is 0 Å². The van der Waals surface area contributed by atoms with E-state index in [1.165, 1.54) is 36.3 Å². The van der Waals surface area contributed by atoms with Crippen molar-refractivity contribution in [3.05, 3.63) is 88.4 Å². The normalized spacial score (nSPS) is 11.9. The van der Waals surface area contributed by atoms with Crippen LogP contribution in [0.1, 0.15) is 25.8 Å². The highest BCUT2D eigenvalue weighted by Gasteiger charge is 2.34. The first-order valence-corrected chi connectivity index (χ1v) is 14.5. The smallest absolute Gasteiger partial charge is 0.264 e. The fraction of sp³-hybridized carbons (Fsp3) is 0.286. The fourth-order valence-electron chi connectivity index (χ4n) is 4.09. The monoisotopic (exact) mass is 591 g/mol. The summed E-state index contributed by atoms with van der Waals surface area (Å²) in [5.74, 6) is -0.698. The van der Waals surface area contributed by atoms with Gasteiger partial charge in [-0.3, -0.25) is 13.9 Å². The zero-order valence-electron chi connectivity index (χ0n) is 21.9. The Hall–Kier alpha value is -3.27. The van der Waals surface area contributed by atoms with E-state index in [2.05, 4.69) is 5.32 Å². The summed E-state index contributed by atoms with van der Waals surface area (Å²) >= 11 is 12.3. The molecule has 208 valence electrons. The van der Waals surface area contributed by atoms with E-state index in [9.17, 15) is 18.0 Å². The van der Waals surface area contributed by atoms with Crippen LogP contribution in [-0.4, -0.2) is 51.4 Å². The molecule has 11 heteroatoms. The lowest BCUT2D eigenvalue weighted by molar-refractivity contribution is -0.140. The molecular formula is C28H31Cl2N3O5S. The molecule has 0 aliphatic carbocycles. The molecule has 8 nitrogen and oxygen atoms in total. The highest BCUT2D eigenvalue weighted by Crippen LogP contribution is 2.35. The highest BCUT2D eigenvalue weighted by atomic mass is 35.5. The van der Waals surface area contributed by atoms with Crippen molar-refractivity contribution in [2.45, 2.75) is 37.8 Å². The number of sulfonamides is 1. The first-order chi connectivity index (χ1) is 18.6. The third-order valence-electron chi connectivity index (χ3n) is 6.02. The van der Waals surface area contributed by atoms with E-state index in [4.69, 9.17) is 27.9 Å². The maximum atomic E-state index is 14.0. The van der Waals surface area contributed by atoms with E-state index in [1.54, 1.807) is 62.4 Å². The van der Waals surface area contributed by atoms with Crippen molar-refractivity contribution in [1.29, 1.82) is 0 Å². The maximum absolute atomic E-state index is 14.0. The number of likely N-dealkylation sites (N-methyl/N-ethyl adjacent to an activating group) is 1. The molecule has 1 unspecified atom stereocenters. The molecule has 39 heavy (non-hydrogen) atoms. The van der Waals surface area contributed by atoms with Gasteiger partial charge in [-0.15, -0.1) is 0 Å². The van der Waals surface area contributed by atoms with Gasteiger partial charge >= 0.3 is 0 Å². The minimum atomic E-state index is -4.24. The predicted molar refractivity (Wildman–Crippen MR) is 154 cm³/mol. The number of anilines is 1. The summed E-state index contributed by atoms with van der Waals surface area (Å²) in [6.07, 6.45) is 0.317. The number of nitrogens with zero attached hydrogens (tertiary/aromatic N) is 2. The van der Waals surface area contributed by atoms with Gasteiger partial charge in [0.15, 0.2) is 0 Å². The molecule has 0 bridgehead atoms. The largest absolute Gasteiger partial charge is 0.495 e. The highest BCUT2D eigenvalue weighted by molar-refractivity contribution is 7.92. The van der Waals surface area contributed by atoms with Crippen LogP contribution in [0.15, 0.2) is 77.7 Å². The van der Waals surface area contributed by atoms with Crippen molar-refractivity contribution < 1.29 is 22.7 Å². The molecule has 0 spiro atoms. The van der Waals surface area contributed by atoms with Gasteiger partial charge in [0.05, 0.1) is 17.7 Å². The van der Waals surface area contributed by atoms with Crippen LogP contribution in [0.5, 0.6) is 5.75 Å². The van der Waals surface area contributed by atoms with Gasteiger partial charge in [-0.2, -0.15) is 0 Å². The molecule has 1 atom stereocenters. The van der Waals surface area contributed by atoms with E-state index in [1.807, 2.05) is 0 Å². The van der Waals surface area contributed by atoms with Gasteiger partial charge in [-0.25, -0.2) is 8.42 Å². The van der Waals surface area contributed by atoms with E-state index in [-0.39, 0.29) is 33.8 Å². The molecule has 1 N–H and O–H groups in total. The van der Waals surface area contributed by atoms with Crippen molar-refractivity contribution in [2.75, 3.05) is 24.5 Å². The average molecular weight is 593 g/mol. The number of amides is 2. The zero-order chi connectivity index (χ0) is 28.6. The summed E-state index contributed by atoms with van der Waals surface area (Å²) in [5.41, 5.74) is 0.827. The zero-order valence-corrected chi connectivity index (χ0v) is 24.3. The Morgan fingerprint density at radius 2 is 1.59 bits per heavy atom. The van der Waals surface area contributed by atoms with Crippen molar-refractivity contribution in [3.8, 4) is 5.75 Å². The topological polar surface area (TPSA) is 96.0 Å². The molecule has 3 rings (SSSR count). The molecule has 0 saturated carbocycles. The molecule has 0 aliphatic rings. The summed E-state index contributed by atoms with van der Waals surface area (Å²) in [4.78, 5) is 28.4. The third-order valence-corrected chi connectivity index (χ3v) is 8.28. The van der Waals surface area contributed by atoms with Gasteiger partial charge in [0, 0.05) is 23.1 Å². The van der Waals surface area contributed by atoms with Crippen LogP contribution >= 0.6 is 23.2 Å². The van der Waals surface area contributed by atoms with Crippen LogP contribution in [0.2, 0.25) is 10.0 Å². The van der Waals surface area contributed by atoms with Crippen molar-refractivity contribution in [3.63, 3.8) is 0 Å². The molecular weight excluding hydrogens is 561 g/mol. The molecule has 0 radical (unpaired) electrons. The number of methoxy groups -OCH3 is 1. The van der Waals surface area contributed by atoms with Gasteiger partial charge in [-0.05, 0) is 61.4 Å². The molecule has 2 amide bonds. The van der Waals surface area contributed by atoms with Crippen LogP contribution in [0, 0.1) is 0 Å². The second-order valence-electron chi connectivity index (χ2n) is 8.61. The van der Waals surface area contributed by atoms with Gasteiger partial charge in [0.1, 0.15) is 18.3 Å². The number of carbonyl (C=O) groups is 2. The Bertz CT molecular complexity index is 1390. The summed E-state index contributed by atoms with van der Waals surface area (Å²) in [7, 11) is -2.84. The van der Waals surface area contributed by atoms with Crippen molar-refractivity contribution >= 4 is 50.7 Å². The van der Waals surface area contributed by atoms with Gasteiger partial charge < -0.3 is 15.0 Å². The SMILES string of the molecule is CCNC(=O)C(CC)N(Cc1ccc(Cl)cc1)C(=O)CN(c1cc(Cl)ccc1OC)S(=O)(=O)c1ccccc1. The van der Waals surface area contributed by atoms with E-state index >= 15 is 0 Å². The number of ether oxygens (including phenoxy) is 1. The molecule has 0 aromatic heterocycles. The minimum absolute atomic E-state index is 0.0140. The summed E-state index contributed by atoms with van der Waals surface area (Å²) in [6.45, 7) is 3.43. The quantitative estimate of drug-likeness (QED) is 0.314. The summed E-state index contributed by atoms with van der Waals surface area (Å²) in [5, 5.41) is 3.56. The third kappa shape index (κ3) is 7.44. The molecule has 0 saturated heterocycles. The van der Waals surface area contributed by atoms with Crippen LogP contribution in [0.4, 0.5) is 5.69 Å². The molecule has 3 aromatic rings. The average Bonchev–Trinajstić information content (AvgIpc) is 2.93. The second kappa shape index (κ2) is 13.7. The Kier molecular flexibility index (Phi) is 10.6. The fourth-order valence-corrected chi connectivity index (χ4v) is 5.82. The predicted octanol–water partition coefficient (Wildman–Crippen LogP) is 5.14. The summed E-state index contributed by atoms with van der Waals surface area (Å²) in [6, 6.07) is 18.3. The van der Waals surface area contributed by atoms with Gasteiger partial charge in [-0.1, -0.05) is 60.5 Å². The first kappa shape index (κ1) is 30.3. The second-order valence-corrected chi connectivity index (χ2v) is 11.3. The van der Waals surface area contributed by atoms with Crippen molar-refractivity contribution in [1.82, 2.24) is 10.2 Å². The number of hydrogen-bond donors (Lipinski definition) is 1. The van der Waals surface area contributed by atoms with Crippen LogP contribution < -0.4 is 14.4 Å². The molecule has 0 heterocycles. The van der Waals surface area contributed by atoms with E-state index in [0.29, 0.717) is 18.0 Å². The van der Waals surface area contributed by atoms with E-state index in [0.717, 1.165) is 9.87 Å². The van der Waals surface area contributed by atoms with Crippen LogP contribution in [-0.2, 0) is 26.2 Å². The number of rotatable bonds is 12. The Morgan fingerprint density at radius 1 is 0.949 bits per heavy atom. The van der Waals surface area contributed by atoms with Gasteiger partial charge in [0.2, 0.25) is 11.8 Å². The number of carbonyl (C=O) groups excluding carboxylic acids is 2. The molecule has 0 aliphatic heterocycles. The Morgan fingerprint density at radius 3 is 2.18 bits per heavy atom. The number of nitrogens with one attached hydrogen (secondary N) is 1. The standard InChI is InChI=1S/C28H31Cl2N3O5S/c1-4-24(28(35)31-5-2)32(18-20-11-13-21(29)14-12-20)27(34)19-33(25-17-22(30)15-16-26(25)38-3)39(36,37)23-9-7-6-8-10-23/h6-17,24H,4-5,18-19H2,1-3H3,(H,31,35). The number of halogens is 2. The Labute approximate surface area is 239 Å². The van der Waals surface area contributed by atoms with Crippen LogP contribution in [0.25, 0.3) is 0 Å². The number of benzene rings is 3. The molecule has 3 aromatic carbocycles. The lowest BCUT2D eigenvalue weighted by atomic mass is 10.1. The lowest BCUT2D eigenvalue weighted by Gasteiger charge is -2.33. The Balaban J connectivity index is 2.11. The lowest BCUT2D eigenvalue weighted by Crippen LogP contribution is -2.52. The first-order valence-electron chi connectivity index (χ1n) is 12.3. The summed E-state index contributed by atoms with van der Waals surface area (Å²) < 4.78 is 34.2. The number of hydrogen-bond acceptors (Lipinski definition) is 5. The van der Waals surface area contributed by atoms with Gasteiger partial charge in [0.25, 0.3) is 10.0 Å². The van der Waals surface area contributed by atoms with E-state index < -0.39 is 28.5 Å².